The predicted molar refractivity (Wildman–Crippen MR) is 83.8 cm³/mol. The quantitative estimate of drug-likeness (QED) is 0.644. The molecule has 0 spiro atoms. The molecule has 2 saturated heterocycles. The number of hydrogen-bond donors (Lipinski definition) is 0. The van der Waals surface area contributed by atoms with E-state index in [1.165, 1.54) is 0 Å². The third-order valence-electron chi connectivity index (χ3n) is 4.76. The molecule has 3 unspecified atom stereocenters. The topological polar surface area (TPSA) is 51.2 Å². The highest BCUT2D eigenvalue weighted by Gasteiger charge is 2.39. The fraction of sp³-hybridized carbons (Fsp3) is 0.938. The molecule has 22 heavy (non-hydrogen) atoms. The van der Waals surface area contributed by atoms with Crippen LogP contribution in [-0.4, -0.2) is 87.6 Å². The van der Waals surface area contributed by atoms with Gasteiger partial charge in [-0.25, -0.2) is 0 Å². The van der Waals surface area contributed by atoms with E-state index in [-0.39, 0.29) is 5.91 Å². The molecular formula is C16H30N2O4. The molecule has 0 aromatic rings. The number of amides is 1. The van der Waals surface area contributed by atoms with Gasteiger partial charge in [-0.3, -0.25) is 9.69 Å². The highest BCUT2D eigenvalue weighted by molar-refractivity contribution is 5.80. The Bertz CT molecular complexity index is 347. The van der Waals surface area contributed by atoms with Gasteiger partial charge >= 0.3 is 0 Å². The van der Waals surface area contributed by atoms with Gasteiger partial charge in [-0.1, -0.05) is 13.3 Å². The Kier molecular flexibility index (Phi) is 7.08. The normalized spacial score (nSPS) is 28.0. The number of likely N-dealkylation sites (tertiary alicyclic amines) is 1. The minimum atomic E-state index is -0.393. The third-order valence-corrected chi connectivity index (χ3v) is 4.76. The summed E-state index contributed by atoms with van der Waals surface area (Å²) < 4.78 is 16.0. The molecule has 0 aliphatic carbocycles. The van der Waals surface area contributed by atoms with E-state index < -0.39 is 6.10 Å². The van der Waals surface area contributed by atoms with E-state index in [0.29, 0.717) is 25.2 Å². The number of morpholine rings is 1. The van der Waals surface area contributed by atoms with Gasteiger partial charge in [0.25, 0.3) is 5.91 Å². The van der Waals surface area contributed by atoms with Crippen molar-refractivity contribution in [2.75, 3.05) is 59.7 Å². The lowest BCUT2D eigenvalue weighted by molar-refractivity contribution is -0.142. The Morgan fingerprint density at radius 1 is 1.27 bits per heavy atom. The van der Waals surface area contributed by atoms with Crippen molar-refractivity contribution in [3.8, 4) is 0 Å². The number of ether oxygens (including phenoxy) is 3. The van der Waals surface area contributed by atoms with E-state index in [2.05, 4.69) is 11.8 Å². The van der Waals surface area contributed by atoms with Gasteiger partial charge < -0.3 is 19.1 Å². The van der Waals surface area contributed by atoms with Crippen LogP contribution in [0.3, 0.4) is 0 Å². The zero-order valence-corrected chi connectivity index (χ0v) is 14.1. The first-order valence-electron chi connectivity index (χ1n) is 8.38. The van der Waals surface area contributed by atoms with Crippen LogP contribution in [0.4, 0.5) is 0 Å². The first-order chi connectivity index (χ1) is 10.7. The number of carbonyl (C=O) groups is 1. The zero-order chi connectivity index (χ0) is 15.9. The third kappa shape index (κ3) is 4.41. The van der Waals surface area contributed by atoms with Crippen molar-refractivity contribution in [3.63, 3.8) is 0 Å². The number of methoxy groups -OCH3 is 1. The second-order valence-electron chi connectivity index (χ2n) is 6.13. The number of nitrogens with zero attached hydrogens (tertiary/aromatic N) is 2. The van der Waals surface area contributed by atoms with E-state index >= 15 is 0 Å². The minimum Gasteiger partial charge on any atom is -0.382 e. The summed E-state index contributed by atoms with van der Waals surface area (Å²) in [7, 11) is 1.63. The van der Waals surface area contributed by atoms with Gasteiger partial charge in [0.15, 0.2) is 0 Å². The van der Waals surface area contributed by atoms with Crippen LogP contribution in [0.5, 0.6) is 0 Å². The van der Waals surface area contributed by atoms with Crippen molar-refractivity contribution in [2.24, 2.45) is 5.92 Å². The predicted octanol–water partition coefficient (Wildman–Crippen LogP) is 0.607. The van der Waals surface area contributed by atoms with Gasteiger partial charge in [0, 0.05) is 39.3 Å². The van der Waals surface area contributed by atoms with E-state index in [9.17, 15) is 4.79 Å². The Balaban J connectivity index is 1.88. The standard InChI is InChI=1S/C16H30N2O4/c1-4-14-11-18(16(19)13(2)22-10-9-20-3)12-15(14)17-5-7-21-8-6-17/h13-15H,4-12H2,1-3H3. The highest BCUT2D eigenvalue weighted by atomic mass is 16.5. The molecule has 6 heteroatoms. The molecule has 2 rings (SSSR count). The molecule has 0 saturated carbocycles. The van der Waals surface area contributed by atoms with Crippen molar-refractivity contribution in [3.05, 3.63) is 0 Å². The van der Waals surface area contributed by atoms with Crippen molar-refractivity contribution in [1.29, 1.82) is 0 Å². The van der Waals surface area contributed by atoms with Crippen molar-refractivity contribution in [2.45, 2.75) is 32.4 Å². The van der Waals surface area contributed by atoms with Crippen LogP contribution in [0, 0.1) is 5.92 Å². The number of carbonyl (C=O) groups excluding carboxylic acids is 1. The Morgan fingerprint density at radius 2 is 2.00 bits per heavy atom. The van der Waals surface area contributed by atoms with Crippen LogP contribution in [0.15, 0.2) is 0 Å². The monoisotopic (exact) mass is 314 g/mol. The molecule has 1 amide bonds. The lowest BCUT2D eigenvalue weighted by atomic mass is 9.99. The lowest BCUT2D eigenvalue weighted by Crippen LogP contribution is -2.47. The van der Waals surface area contributed by atoms with Gasteiger partial charge in [-0.2, -0.15) is 0 Å². The van der Waals surface area contributed by atoms with Gasteiger partial charge in [-0.05, 0) is 12.8 Å². The molecule has 0 aromatic heterocycles. The van der Waals surface area contributed by atoms with Crippen LogP contribution >= 0.6 is 0 Å². The second kappa shape index (κ2) is 8.82. The maximum atomic E-state index is 12.5. The maximum absolute atomic E-state index is 12.5. The molecule has 2 aliphatic rings. The minimum absolute atomic E-state index is 0.102. The van der Waals surface area contributed by atoms with Crippen LogP contribution < -0.4 is 0 Å². The van der Waals surface area contributed by atoms with Crippen LogP contribution in [0.25, 0.3) is 0 Å². The molecule has 2 aliphatic heterocycles. The van der Waals surface area contributed by atoms with Crippen LogP contribution in [0.1, 0.15) is 20.3 Å². The van der Waals surface area contributed by atoms with E-state index in [4.69, 9.17) is 14.2 Å². The van der Waals surface area contributed by atoms with E-state index in [1.807, 2.05) is 11.8 Å². The molecule has 128 valence electrons. The van der Waals surface area contributed by atoms with Crippen molar-refractivity contribution >= 4 is 5.91 Å². The summed E-state index contributed by atoms with van der Waals surface area (Å²) in [4.78, 5) is 17.0. The molecule has 6 nitrogen and oxygen atoms in total. The summed E-state index contributed by atoms with van der Waals surface area (Å²) in [6.45, 7) is 10.2. The molecular weight excluding hydrogens is 284 g/mol. The largest absolute Gasteiger partial charge is 0.382 e. The summed E-state index contributed by atoms with van der Waals surface area (Å²) in [5.74, 6) is 0.651. The first kappa shape index (κ1) is 17.7. The van der Waals surface area contributed by atoms with E-state index in [0.717, 1.165) is 45.8 Å². The summed E-state index contributed by atoms with van der Waals surface area (Å²) in [5, 5.41) is 0. The highest BCUT2D eigenvalue weighted by Crippen LogP contribution is 2.26. The molecule has 2 fully saturated rings. The second-order valence-corrected chi connectivity index (χ2v) is 6.13. The number of hydrogen-bond acceptors (Lipinski definition) is 5. The van der Waals surface area contributed by atoms with Crippen molar-refractivity contribution < 1.29 is 19.0 Å². The fourth-order valence-corrected chi connectivity index (χ4v) is 3.39. The van der Waals surface area contributed by atoms with Gasteiger partial charge in [0.1, 0.15) is 6.10 Å². The van der Waals surface area contributed by atoms with Crippen LogP contribution in [0.2, 0.25) is 0 Å². The average Bonchev–Trinajstić information content (AvgIpc) is 2.99. The Morgan fingerprint density at radius 3 is 2.64 bits per heavy atom. The van der Waals surface area contributed by atoms with Gasteiger partial charge in [0.05, 0.1) is 26.4 Å². The number of rotatable bonds is 7. The van der Waals surface area contributed by atoms with Gasteiger partial charge in [-0.15, -0.1) is 0 Å². The molecule has 3 atom stereocenters. The average molecular weight is 314 g/mol. The smallest absolute Gasteiger partial charge is 0.251 e. The van der Waals surface area contributed by atoms with Crippen molar-refractivity contribution in [1.82, 2.24) is 9.80 Å². The Labute approximate surface area is 133 Å². The van der Waals surface area contributed by atoms with Crippen LogP contribution in [-0.2, 0) is 19.0 Å². The maximum Gasteiger partial charge on any atom is 0.251 e. The summed E-state index contributed by atoms with van der Waals surface area (Å²) >= 11 is 0. The fourth-order valence-electron chi connectivity index (χ4n) is 3.39. The molecule has 0 aromatic carbocycles. The molecule has 0 radical (unpaired) electrons. The summed E-state index contributed by atoms with van der Waals surface area (Å²) in [6.07, 6.45) is 0.709. The lowest BCUT2D eigenvalue weighted by Gasteiger charge is -2.34. The summed E-state index contributed by atoms with van der Waals surface area (Å²) in [6, 6.07) is 0.462. The van der Waals surface area contributed by atoms with Gasteiger partial charge in [0.2, 0.25) is 0 Å². The zero-order valence-electron chi connectivity index (χ0n) is 14.1. The summed E-state index contributed by atoms with van der Waals surface area (Å²) in [5.41, 5.74) is 0. The van der Waals surface area contributed by atoms with E-state index in [1.54, 1.807) is 7.11 Å². The first-order valence-corrected chi connectivity index (χ1v) is 8.38. The Hall–Kier alpha value is -0.690. The molecule has 0 bridgehead atoms. The molecule has 2 heterocycles. The molecule has 0 N–H and O–H groups in total. The SMILES string of the molecule is CCC1CN(C(=O)C(C)OCCOC)CC1N1CCOCC1.